The molecule has 1 saturated heterocycles. The van der Waals surface area contributed by atoms with E-state index in [9.17, 15) is 4.79 Å². The molecule has 0 radical (unpaired) electrons. The molecule has 1 fully saturated rings. The molecule has 0 saturated carbocycles. The zero-order chi connectivity index (χ0) is 17.4. The maximum absolute atomic E-state index is 12.0. The zero-order valence-corrected chi connectivity index (χ0v) is 15.3. The number of carbonyl (C=O) groups is 1. The molecule has 3 aromatic rings. The number of thiocarbonyl (C=S) groups is 1. The van der Waals surface area contributed by atoms with Crippen LogP contribution in [0.15, 0.2) is 59.6 Å². The molecule has 0 atom stereocenters. The third-order valence-corrected chi connectivity index (χ3v) is 5.35. The monoisotopic (exact) mass is 364 g/mol. The molecule has 0 unspecified atom stereocenters. The van der Waals surface area contributed by atoms with Crippen LogP contribution in [0.5, 0.6) is 0 Å². The van der Waals surface area contributed by atoms with Crippen LogP contribution >= 0.6 is 24.0 Å². The van der Waals surface area contributed by atoms with Gasteiger partial charge in [0.2, 0.25) is 0 Å². The Hall–Kier alpha value is -2.37. The van der Waals surface area contributed by atoms with Gasteiger partial charge < -0.3 is 9.88 Å². The van der Waals surface area contributed by atoms with Crippen LogP contribution in [-0.4, -0.2) is 14.8 Å². The second kappa shape index (κ2) is 6.50. The zero-order valence-electron chi connectivity index (χ0n) is 13.7. The number of benzene rings is 2. The van der Waals surface area contributed by atoms with Crippen molar-refractivity contribution >= 4 is 51.2 Å². The summed E-state index contributed by atoms with van der Waals surface area (Å²) in [4.78, 5) is 12.6. The fourth-order valence-corrected chi connectivity index (χ4v) is 4.13. The molecule has 1 aliphatic heterocycles. The summed E-state index contributed by atoms with van der Waals surface area (Å²) in [5.74, 6) is -0.120. The molecule has 25 heavy (non-hydrogen) atoms. The minimum absolute atomic E-state index is 0.120. The molecule has 1 aliphatic rings. The number of fused-ring (bicyclic) bond motifs is 1. The molecule has 124 valence electrons. The lowest BCUT2D eigenvalue weighted by Gasteiger charge is -2.06. The number of amides is 1. The van der Waals surface area contributed by atoms with Gasteiger partial charge in [-0.15, -0.1) is 0 Å². The van der Waals surface area contributed by atoms with Crippen molar-refractivity contribution in [3.05, 3.63) is 76.3 Å². The van der Waals surface area contributed by atoms with Crippen LogP contribution in [0.3, 0.4) is 0 Å². The van der Waals surface area contributed by atoms with Crippen molar-refractivity contribution in [2.45, 2.75) is 13.5 Å². The first-order chi connectivity index (χ1) is 12.1. The Morgan fingerprint density at radius 1 is 1.20 bits per heavy atom. The van der Waals surface area contributed by atoms with Crippen molar-refractivity contribution in [1.82, 2.24) is 9.88 Å². The Morgan fingerprint density at radius 3 is 2.80 bits per heavy atom. The third-order valence-electron chi connectivity index (χ3n) is 4.18. The van der Waals surface area contributed by atoms with Crippen LogP contribution in [0.4, 0.5) is 0 Å². The largest absolute Gasteiger partial charge is 0.342 e. The molecule has 2 heterocycles. The summed E-state index contributed by atoms with van der Waals surface area (Å²) in [6.45, 7) is 2.90. The van der Waals surface area contributed by atoms with Gasteiger partial charge >= 0.3 is 0 Å². The summed E-state index contributed by atoms with van der Waals surface area (Å²) in [6.07, 6.45) is 4.03. The minimum Gasteiger partial charge on any atom is -0.342 e. The molecular weight excluding hydrogens is 348 g/mol. The summed E-state index contributed by atoms with van der Waals surface area (Å²) in [5, 5.41) is 3.80. The summed E-state index contributed by atoms with van der Waals surface area (Å²) >= 11 is 6.39. The molecule has 5 heteroatoms. The fraction of sp³-hybridized carbons (Fsp3) is 0.100. The predicted octanol–water partition coefficient (Wildman–Crippen LogP) is 4.49. The Balaban J connectivity index is 1.78. The molecule has 1 aromatic heterocycles. The lowest BCUT2D eigenvalue weighted by molar-refractivity contribution is -0.115. The molecule has 1 amide bonds. The maximum atomic E-state index is 12.0. The second-order valence-electron chi connectivity index (χ2n) is 6.07. The van der Waals surface area contributed by atoms with Gasteiger partial charge in [0.1, 0.15) is 4.32 Å². The quantitative estimate of drug-likeness (QED) is 0.549. The molecule has 2 aromatic carbocycles. The van der Waals surface area contributed by atoms with E-state index in [1.807, 2.05) is 18.2 Å². The average Bonchev–Trinajstić information content (AvgIpc) is 3.08. The first kappa shape index (κ1) is 16.1. The van der Waals surface area contributed by atoms with E-state index in [4.69, 9.17) is 12.2 Å². The summed E-state index contributed by atoms with van der Waals surface area (Å²) in [6, 6.07) is 16.8. The summed E-state index contributed by atoms with van der Waals surface area (Å²) in [7, 11) is 0. The van der Waals surface area contributed by atoms with E-state index < -0.39 is 0 Å². The van der Waals surface area contributed by atoms with E-state index in [1.165, 1.54) is 22.9 Å². The van der Waals surface area contributed by atoms with Crippen LogP contribution in [0.1, 0.15) is 16.7 Å². The number of nitrogens with one attached hydrogen (secondary N) is 1. The summed E-state index contributed by atoms with van der Waals surface area (Å²) in [5.41, 5.74) is 4.70. The lowest BCUT2D eigenvalue weighted by atomic mass is 10.1. The van der Waals surface area contributed by atoms with Crippen LogP contribution in [0, 0.1) is 6.92 Å². The Morgan fingerprint density at radius 2 is 2.04 bits per heavy atom. The van der Waals surface area contributed by atoms with Gasteiger partial charge in [0.25, 0.3) is 5.91 Å². The molecular formula is C20H16N2OS2. The van der Waals surface area contributed by atoms with Gasteiger partial charge in [0, 0.05) is 29.2 Å². The Labute approximate surface area is 155 Å². The Bertz CT molecular complexity index is 1030. The second-order valence-corrected chi connectivity index (χ2v) is 7.79. The van der Waals surface area contributed by atoms with E-state index in [0.29, 0.717) is 9.23 Å². The topological polar surface area (TPSA) is 34.0 Å². The number of hydrogen-bond acceptors (Lipinski definition) is 3. The van der Waals surface area contributed by atoms with Crippen molar-refractivity contribution in [2.24, 2.45) is 0 Å². The number of aromatic nitrogens is 1. The first-order valence-electron chi connectivity index (χ1n) is 7.98. The fourth-order valence-electron chi connectivity index (χ4n) is 3.09. The van der Waals surface area contributed by atoms with E-state index >= 15 is 0 Å². The van der Waals surface area contributed by atoms with Crippen molar-refractivity contribution < 1.29 is 4.79 Å². The van der Waals surface area contributed by atoms with E-state index in [0.717, 1.165) is 23.0 Å². The lowest BCUT2D eigenvalue weighted by Crippen LogP contribution is -2.17. The maximum Gasteiger partial charge on any atom is 0.263 e. The number of hydrogen-bond donors (Lipinski definition) is 1. The predicted molar refractivity (Wildman–Crippen MR) is 109 cm³/mol. The molecule has 0 aliphatic carbocycles. The van der Waals surface area contributed by atoms with E-state index in [-0.39, 0.29) is 5.91 Å². The number of carbonyl (C=O) groups excluding carboxylic acids is 1. The SMILES string of the molecule is Cc1cccc(Cn2cc(/C=C3/SC(=S)NC3=O)c3ccccc32)c1. The van der Waals surface area contributed by atoms with Gasteiger partial charge in [-0.2, -0.15) is 0 Å². The number of para-hydroxylation sites is 1. The van der Waals surface area contributed by atoms with Crippen LogP contribution in [0.2, 0.25) is 0 Å². The van der Waals surface area contributed by atoms with Crippen LogP contribution in [-0.2, 0) is 11.3 Å². The van der Waals surface area contributed by atoms with Gasteiger partial charge in [0.05, 0.1) is 4.91 Å². The molecule has 1 N–H and O–H groups in total. The standard InChI is InChI=1S/C20H16N2OS2/c1-13-5-4-6-14(9-13)11-22-12-15(16-7-2-3-8-17(16)22)10-18-19(23)21-20(24)25-18/h2-10,12H,11H2,1H3,(H,21,23,24)/b18-10+. The summed E-state index contributed by atoms with van der Waals surface area (Å²) < 4.78 is 2.74. The third kappa shape index (κ3) is 3.25. The highest BCUT2D eigenvalue weighted by Gasteiger charge is 2.22. The number of rotatable bonds is 3. The molecule has 4 rings (SSSR count). The van der Waals surface area contributed by atoms with Crippen LogP contribution in [0.25, 0.3) is 17.0 Å². The van der Waals surface area contributed by atoms with Gasteiger partial charge in [-0.3, -0.25) is 4.79 Å². The normalized spacial score (nSPS) is 16.0. The highest BCUT2D eigenvalue weighted by atomic mass is 32.2. The van der Waals surface area contributed by atoms with Crippen molar-refractivity contribution in [3.63, 3.8) is 0 Å². The van der Waals surface area contributed by atoms with Gasteiger partial charge in [-0.05, 0) is 24.6 Å². The Kier molecular flexibility index (Phi) is 4.19. The molecule has 0 bridgehead atoms. The molecule has 0 spiro atoms. The minimum atomic E-state index is -0.120. The van der Waals surface area contributed by atoms with Gasteiger partial charge in [0.15, 0.2) is 0 Å². The number of nitrogens with zero attached hydrogens (tertiary/aromatic N) is 1. The van der Waals surface area contributed by atoms with Crippen molar-refractivity contribution in [3.8, 4) is 0 Å². The van der Waals surface area contributed by atoms with Gasteiger partial charge in [-0.25, -0.2) is 0 Å². The van der Waals surface area contributed by atoms with Gasteiger partial charge in [-0.1, -0.05) is 72.0 Å². The van der Waals surface area contributed by atoms with E-state index in [1.54, 1.807) is 0 Å². The molecule has 3 nitrogen and oxygen atoms in total. The van der Waals surface area contributed by atoms with Crippen molar-refractivity contribution in [1.29, 1.82) is 0 Å². The highest BCUT2D eigenvalue weighted by Crippen LogP contribution is 2.30. The smallest absolute Gasteiger partial charge is 0.263 e. The van der Waals surface area contributed by atoms with Crippen molar-refractivity contribution in [2.75, 3.05) is 0 Å². The highest BCUT2D eigenvalue weighted by molar-refractivity contribution is 8.26. The first-order valence-corrected chi connectivity index (χ1v) is 9.21. The number of aryl methyl sites for hydroxylation is 1. The van der Waals surface area contributed by atoms with E-state index in [2.05, 4.69) is 59.4 Å². The number of thioether (sulfide) groups is 1. The average molecular weight is 364 g/mol. The van der Waals surface area contributed by atoms with Crippen LogP contribution < -0.4 is 5.32 Å².